The molecule has 4 heteroatoms. The van der Waals surface area contributed by atoms with Gasteiger partial charge in [-0.05, 0) is 33.2 Å². The average molecular weight is 193 g/mol. The van der Waals surface area contributed by atoms with E-state index in [1.165, 1.54) is 0 Å². The molecule has 0 unspecified atom stereocenters. The lowest BCUT2D eigenvalue weighted by Crippen LogP contribution is -2.17. The van der Waals surface area contributed by atoms with Crippen molar-refractivity contribution < 1.29 is 8.42 Å². The molecule has 0 aliphatic rings. The van der Waals surface area contributed by atoms with E-state index in [4.69, 9.17) is 5.73 Å². The van der Waals surface area contributed by atoms with Crippen LogP contribution in [0.3, 0.4) is 0 Å². The highest BCUT2D eigenvalue weighted by Crippen LogP contribution is 2.05. The van der Waals surface area contributed by atoms with E-state index < -0.39 is 9.84 Å². The lowest BCUT2D eigenvalue weighted by atomic mass is 10.2. The first kappa shape index (κ1) is 11.9. The van der Waals surface area contributed by atoms with Crippen molar-refractivity contribution in [1.82, 2.24) is 0 Å². The molecule has 0 radical (unpaired) electrons. The fourth-order valence-corrected chi connectivity index (χ4v) is 1.94. The lowest BCUT2D eigenvalue weighted by molar-refractivity contribution is 0.581. The normalized spacial score (nSPS) is 12.3. The maximum Gasteiger partial charge on any atom is 0.152 e. The molecule has 0 bridgehead atoms. The third-order valence-corrected chi connectivity index (χ3v) is 4.15. The Morgan fingerprint density at radius 2 is 1.75 bits per heavy atom. The molecule has 0 aliphatic heterocycles. The molecule has 12 heavy (non-hydrogen) atoms. The second-order valence-electron chi connectivity index (χ2n) is 3.27. The largest absolute Gasteiger partial charge is 0.330 e. The van der Waals surface area contributed by atoms with E-state index in [0.717, 1.165) is 19.3 Å². The smallest absolute Gasteiger partial charge is 0.152 e. The van der Waals surface area contributed by atoms with Gasteiger partial charge in [-0.3, -0.25) is 0 Å². The van der Waals surface area contributed by atoms with Crippen LogP contribution in [0.2, 0.25) is 0 Å². The first-order valence-electron chi connectivity index (χ1n) is 4.42. The zero-order valence-corrected chi connectivity index (χ0v) is 8.73. The van der Waals surface area contributed by atoms with Crippen molar-refractivity contribution in [1.29, 1.82) is 0 Å². The number of rotatable bonds is 6. The Hall–Kier alpha value is -0.0900. The van der Waals surface area contributed by atoms with Gasteiger partial charge in [-0.2, -0.15) is 0 Å². The van der Waals surface area contributed by atoms with Crippen LogP contribution in [0, 0.1) is 0 Å². The Morgan fingerprint density at radius 3 is 2.17 bits per heavy atom. The molecule has 0 spiro atoms. The zero-order valence-electron chi connectivity index (χ0n) is 7.91. The van der Waals surface area contributed by atoms with Gasteiger partial charge >= 0.3 is 0 Å². The summed E-state index contributed by atoms with van der Waals surface area (Å²) < 4.78 is 22.5. The molecular formula is C8H19NO2S. The summed E-state index contributed by atoms with van der Waals surface area (Å²) in [4.78, 5) is 0. The second-order valence-corrected chi connectivity index (χ2v) is 5.94. The van der Waals surface area contributed by atoms with Gasteiger partial charge in [0.2, 0.25) is 0 Å². The van der Waals surface area contributed by atoms with Crippen LogP contribution in [0.1, 0.15) is 33.1 Å². The van der Waals surface area contributed by atoms with Gasteiger partial charge in [0, 0.05) is 0 Å². The van der Waals surface area contributed by atoms with Crippen LogP contribution in [0.25, 0.3) is 0 Å². The SMILES string of the molecule is CC(C)S(=O)(=O)CCCCCN. The van der Waals surface area contributed by atoms with Gasteiger partial charge in [0.1, 0.15) is 0 Å². The van der Waals surface area contributed by atoms with Gasteiger partial charge in [-0.1, -0.05) is 6.42 Å². The minimum atomic E-state index is -2.82. The van der Waals surface area contributed by atoms with Crippen molar-refractivity contribution >= 4 is 9.84 Å². The average Bonchev–Trinajstić information content (AvgIpc) is 1.98. The van der Waals surface area contributed by atoms with E-state index in [1.807, 2.05) is 0 Å². The van der Waals surface area contributed by atoms with E-state index in [9.17, 15) is 8.42 Å². The van der Waals surface area contributed by atoms with Gasteiger partial charge < -0.3 is 5.73 Å². The van der Waals surface area contributed by atoms with Crippen molar-refractivity contribution in [2.75, 3.05) is 12.3 Å². The molecule has 0 aromatic heterocycles. The molecule has 0 heterocycles. The van der Waals surface area contributed by atoms with E-state index >= 15 is 0 Å². The Labute approximate surface area is 75.3 Å². The summed E-state index contributed by atoms with van der Waals surface area (Å²) in [6.45, 7) is 4.10. The molecule has 2 N–H and O–H groups in total. The second kappa shape index (κ2) is 5.54. The van der Waals surface area contributed by atoms with Crippen molar-refractivity contribution in [2.24, 2.45) is 5.73 Å². The molecular weight excluding hydrogens is 174 g/mol. The van der Waals surface area contributed by atoms with Crippen molar-refractivity contribution in [2.45, 2.75) is 38.4 Å². The fraction of sp³-hybridized carbons (Fsp3) is 1.00. The van der Waals surface area contributed by atoms with Gasteiger partial charge in [0.15, 0.2) is 9.84 Å². The predicted octanol–water partition coefficient (Wildman–Crippen LogP) is 0.939. The Balaban J connectivity index is 3.63. The first-order chi connectivity index (χ1) is 5.50. The van der Waals surface area contributed by atoms with E-state index in [1.54, 1.807) is 13.8 Å². The summed E-state index contributed by atoms with van der Waals surface area (Å²) in [5.41, 5.74) is 5.29. The highest BCUT2D eigenvalue weighted by atomic mass is 32.2. The number of nitrogens with two attached hydrogens (primary N) is 1. The van der Waals surface area contributed by atoms with Gasteiger partial charge in [-0.25, -0.2) is 8.42 Å². The van der Waals surface area contributed by atoms with Gasteiger partial charge in [-0.15, -0.1) is 0 Å². The number of hydrogen-bond acceptors (Lipinski definition) is 3. The summed E-state index contributed by atoms with van der Waals surface area (Å²) in [6.07, 6.45) is 2.59. The number of unbranched alkanes of at least 4 members (excludes halogenated alkanes) is 2. The summed E-state index contributed by atoms with van der Waals surface area (Å²) in [7, 11) is -2.82. The van der Waals surface area contributed by atoms with Crippen LogP contribution in [0.5, 0.6) is 0 Å². The maximum atomic E-state index is 11.3. The van der Waals surface area contributed by atoms with Crippen LogP contribution >= 0.6 is 0 Å². The Bertz CT molecular complexity index is 197. The quantitative estimate of drug-likeness (QED) is 0.639. The fourth-order valence-electron chi connectivity index (χ4n) is 0.860. The molecule has 0 atom stereocenters. The molecule has 74 valence electrons. The van der Waals surface area contributed by atoms with Gasteiger partial charge in [0.25, 0.3) is 0 Å². The summed E-state index contributed by atoms with van der Waals surface area (Å²) in [5, 5.41) is -0.240. The minimum Gasteiger partial charge on any atom is -0.330 e. The van der Waals surface area contributed by atoms with Crippen LogP contribution in [0.4, 0.5) is 0 Å². The summed E-state index contributed by atoms with van der Waals surface area (Å²) in [5.74, 6) is 0.310. The zero-order chi connectivity index (χ0) is 9.61. The van der Waals surface area contributed by atoms with Crippen molar-refractivity contribution in [3.63, 3.8) is 0 Å². The lowest BCUT2D eigenvalue weighted by Gasteiger charge is -2.06. The highest BCUT2D eigenvalue weighted by Gasteiger charge is 2.14. The van der Waals surface area contributed by atoms with Crippen LogP contribution < -0.4 is 5.73 Å². The molecule has 0 saturated heterocycles. The molecule has 0 fully saturated rings. The first-order valence-corrected chi connectivity index (χ1v) is 6.14. The summed E-state index contributed by atoms with van der Waals surface area (Å²) >= 11 is 0. The third-order valence-electron chi connectivity index (χ3n) is 1.85. The minimum absolute atomic E-state index is 0.240. The number of hydrogen-bond donors (Lipinski definition) is 1. The molecule has 0 aliphatic carbocycles. The Kier molecular flexibility index (Phi) is 5.50. The van der Waals surface area contributed by atoms with Gasteiger partial charge in [0.05, 0.1) is 11.0 Å². The summed E-state index contributed by atoms with van der Waals surface area (Å²) in [6, 6.07) is 0. The van der Waals surface area contributed by atoms with Crippen LogP contribution in [-0.2, 0) is 9.84 Å². The van der Waals surface area contributed by atoms with E-state index in [2.05, 4.69) is 0 Å². The maximum absolute atomic E-state index is 11.3. The standard InChI is InChI=1S/C8H19NO2S/c1-8(2)12(10,11)7-5-3-4-6-9/h8H,3-7,9H2,1-2H3. The molecule has 0 amide bonds. The number of sulfone groups is 1. The predicted molar refractivity (Wildman–Crippen MR) is 51.8 cm³/mol. The molecule has 0 saturated carbocycles. The molecule has 0 aromatic rings. The third kappa shape index (κ3) is 4.72. The Morgan fingerprint density at radius 1 is 1.17 bits per heavy atom. The van der Waals surface area contributed by atoms with E-state index in [0.29, 0.717) is 12.3 Å². The van der Waals surface area contributed by atoms with Crippen LogP contribution in [-0.4, -0.2) is 26.0 Å². The highest BCUT2D eigenvalue weighted by molar-refractivity contribution is 7.91. The molecule has 0 aromatic carbocycles. The monoisotopic (exact) mass is 193 g/mol. The topological polar surface area (TPSA) is 60.2 Å². The van der Waals surface area contributed by atoms with Crippen molar-refractivity contribution in [3.8, 4) is 0 Å². The van der Waals surface area contributed by atoms with Crippen LogP contribution in [0.15, 0.2) is 0 Å². The molecule has 3 nitrogen and oxygen atoms in total. The van der Waals surface area contributed by atoms with Crippen molar-refractivity contribution in [3.05, 3.63) is 0 Å². The van der Waals surface area contributed by atoms with E-state index in [-0.39, 0.29) is 5.25 Å². The molecule has 0 rings (SSSR count).